The van der Waals surface area contributed by atoms with Crippen molar-refractivity contribution in [2.45, 2.75) is 49.7 Å². The zero-order chi connectivity index (χ0) is 28.6. The first kappa shape index (κ1) is 28.2. The summed E-state index contributed by atoms with van der Waals surface area (Å²) in [4.78, 5) is 10.6. The molecule has 11 nitrogen and oxygen atoms in total. The van der Waals surface area contributed by atoms with E-state index >= 15 is 0 Å². The second-order valence-corrected chi connectivity index (χ2v) is 10.6. The number of non-ortho nitro benzene ring substituents is 1. The summed E-state index contributed by atoms with van der Waals surface area (Å²) in [6, 6.07) is 21.8. The third-order valence-electron chi connectivity index (χ3n) is 6.36. The van der Waals surface area contributed by atoms with Crippen LogP contribution in [0.25, 0.3) is 0 Å². The number of ether oxygens (including phenoxy) is 1. The molecular weight excluding hydrogens is 564 g/mol. The molecule has 5 aromatic rings. The number of H-pyrrole nitrogens is 1. The van der Waals surface area contributed by atoms with Crippen molar-refractivity contribution in [3.63, 3.8) is 0 Å². The maximum Gasteiger partial charge on any atom is 0.269 e. The Morgan fingerprint density at radius 3 is 2.46 bits per heavy atom. The molecule has 0 saturated carbocycles. The molecule has 0 aliphatic heterocycles. The van der Waals surface area contributed by atoms with Gasteiger partial charge in [0.2, 0.25) is 5.82 Å². The lowest BCUT2D eigenvalue weighted by atomic mass is 10.1. The highest BCUT2D eigenvalue weighted by Crippen LogP contribution is 2.31. The minimum absolute atomic E-state index is 0.0756. The Labute approximate surface area is 245 Å². The summed E-state index contributed by atoms with van der Waals surface area (Å²) in [5.41, 5.74) is 2.84. The van der Waals surface area contributed by atoms with Crippen molar-refractivity contribution in [2.75, 3.05) is 0 Å². The molecule has 0 amide bonds. The average Bonchev–Trinajstić information content (AvgIpc) is 3.66. The van der Waals surface area contributed by atoms with Crippen molar-refractivity contribution >= 4 is 29.1 Å². The van der Waals surface area contributed by atoms with E-state index in [-0.39, 0.29) is 5.69 Å². The summed E-state index contributed by atoms with van der Waals surface area (Å²) in [5, 5.41) is 35.6. The van der Waals surface area contributed by atoms with Crippen LogP contribution in [0.5, 0.6) is 5.75 Å². The van der Waals surface area contributed by atoms with Crippen LogP contribution >= 0.6 is 23.4 Å². The quantitative estimate of drug-likeness (QED) is 0.0964. The lowest BCUT2D eigenvalue weighted by Crippen LogP contribution is -2.12. The molecule has 13 heteroatoms. The van der Waals surface area contributed by atoms with Gasteiger partial charge in [-0.15, -0.1) is 20.4 Å². The third kappa shape index (κ3) is 7.08. The van der Waals surface area contributed by atoms with E-state index in [1.807, 2.05) is 42.5 Å². The van der Waals surface area contributed by atoms with Crippen LogP contribution in [0.1, 0.15) is 54.2 Å². The Morgan fingerprint density at radius 1 is 1.02 bits per heavy atom. The molecule has 3 aromatic carbocycles. The van der Waals surface area contributed by atoms with Crippen LogP contribution in [0.2, 0.25) is 5.02 Å². The van der Waals surface area contributed by atoms with Gasteiger partial charge in [-0.2, -0.15) is 5.21 Å². The number of nitro benzene ring substituents is 1. The van der Waals surface area contributed by atoms with Crippen molar-refractivity contribution in [3.05, 3.63) is 116 Å². The van der Waals surface area contributed by atoms with Gasteiger partial charge in [0.05, 0.1) is 11.5 Å². The van der Waals surface area contributed by atoms with E-state index in [0.717, 1.165) is 46.9 Å². The van der Waals surface area contributed by atoms with E-state index in [4.69, 9.17) is 16.3 Å². The third-order valence-corrected chi connectivity index (χ3v) is 7.75. The van der Waals surface area contributed by atoms with E-state index in [1.165, 1.54) is 12.1 Å². The fourth-order valence-corrected chi connectivity index (χ4v) is 5.33. The molecule has 2 aromatic heterocycles. The van der Waals surface area contributed by atoms with Crippen LogP contribution in [0, 0.1) is 10.1 Å². The fraction of sp³-hybridized carbons (Fsp3) is 0.250. The van der Waals surface area contributed by atoms with E-state index in [1.54, 1.807) is 30.0 Å². The summed E-state index contributed by atoms with van der Waals surface area (Å²) in [5.74, 6) is 2.55. The number of halogens is 1. The second-order valence-electron chi connectivity index (χ2n) is 9.23. The molecule has 0 radical (unpaired) electrons. The molecule has 0 fully saturated rings. The number of thioether (sulfide) groups is 1. The number of hydrogen-bond acceptors (Lipinski definition) is 9. The van der Waals surface area contributed by atoms with Crippen LogP contribution in [0.15, 0.2) is 78.0 Å². The predicted octanol–water partition coefficient (Wildman–Crippen LogP) is 6.20. The number of aromatic amines is 1. The topological polar surface area (TPSA) is 138 Å². The summed E-state index contributed by atoms with van der Waals surface area (Å²) in [7, 11) is 0. The normalized spacial score (nSPS) is 11.9. The van der Waals surface area contributed by atoms with Crippen molar-refractivity contribution in [1.82, 2.24) is 35.4 Å². The van der Waals surface area contributed by atoms with Gasteiger partial charge in [-0.3, -0.25) is 10.1 Å². The second kappa shape index (κ2) is 13.4. The molecule has 0 saturated heterocycles. The van der Waals surface area contributed by atoms with Gasteiger partial charge >= 0.3 is 0 Å². The van der Waals surface area contributed by atoms with Gasteiger partial charge in [-0.25, -0.2) is 0 Å². The van der Waals surface area contributed by atoms with Crippen LogP contribution in [-0.4, -0.2) is 40.3 Å². The summed E-state index contributed by atoms with van der Waals surface area (Å²) < 4.78 is 8.41. The number of unbranched alkanes of at least 4 members (excludes halogenated alkanes) is 1. The van der Waals surface area contributed by atoms with E-state index in [9.17, 15) is 10.1 Å². The molecular formula is C28H27ClN8O3S. The zero-order valence-electron chi connectivity index (χ0n) is 22.2. The first-order valence-corrected chi connectivity index (χ1v) is 14.4. The molecule has 0 spiro atoms. The lowest BCUT2D eigenvalue weighted by molar-refractivity contribution is -0.384. The minimum atomic E-state index is -0.630. The van der Waals surface area contributed by atoms with Gasteiger partial charge in [0, 0.05) is 34.9 Å². The van der Waals surface area contributed by atoms with Gasteiger partial charge in [-0.05, 0) is 35.7 Å². The maximum absolute atomic E-state index is 11.0. The minimum Gasteiger partial charge on any atom is -0.477 e. The van der Waals surface area contributed by atoms with Gasteiger partial charge in [-0.1, -0.05) is 84.4 Å². The van der Waals surface area contributed by atoms with Gasteiger partial charge in [0.15, 0.2) is 11.3 Å². The smallest absolute Gasteiger partial charge is 0.269 e. The first-order chi connectivity index (χ1) is 20.0. The first-order valence-electron chi connectivity index (χ1n) is 13.0. The van der Waals surface area contributed by atoms with Crippen LogP contribution in [-0.2, 0) is 18.7 Å². The maximum atomic E-state index is 11.0. The highest BCUT2D eigenvalue weighted by molar-refractivity contribution is 7.98. The molecule has 210 valence electrons. The number of nitrogens with one attached hydrogen (secondary N) is 1. The Balaban J connectivity index is 1.32. The molecule has 1 N–H and O–H groups in total. The van der Waals surface area contributed by atoms with E-state index < -0.39 is 11.0 Å². The number of rotatable bonds is 13. The predicted molar refractivity (Wildman–Crippen MR) is 155 cm³/mol. The number of benzene rings is 3. The molecule has 0 bridgehead atoms. The summed E-state index contributed by atoms with van der Waals surface area (Å²) in [6.07, 6.45) is 2.26. The van der Waals surface area contributed by atoms with Crippen molar-refractivity contribution in [2.24, 2.45) is 0 Å². The van der Waals surface area contributed by atoms with Crippen molar-refractivity contribution < 1.29 is 9.66 Å². The molecule has 2 heterocycles. The lowest BCUT2D eigenvalue weighted by Gasteiger charge is -2.18. The Hall–Kier alpha value is -4.29. The Morgan fingerprint density at radius 2 is 1.78 bits per heavy atom. The number of tetrazole rings is 1. The number of nitro groups is 1. The van der Waals surface area contributed by atoms with Crippen molar-refractivity contribution in [1.29, 1.82) is 0 Å². The molecule has 1 unspecified atom stereocenters. The van der Waals surface area contributed by atoms with Crippen LogP contribution in [0.4, 0.5) is 5.69 Å². The zero-order valence-corrected chi connectivity index (χ0v) is 23.8. The molecule has 0 aliphatic carbocycles. The fourth-order valence-electron chi connectivity index (χ4n) is 4.18. The number of aromatic nitrogens is 7. The highest BCUT2D eigenvalue weighted by atomic mass is 35.5. The van der Waals surface area contributed by atoms with E-state index in [2.05, 4.69) is 42.3 Å². The number of nitrogens with zero attached hydrogens (tertiary/aromatic N) is 7. The average molecular weight is 591 g/mol. The van der Waals surface area contributed by atoms with Gasteiger partial charge in [0.25, 0.3) is 5.69 Å². The number of aryl methyl sites for hydroxylation is 1. The Kier molecular flexibility index (Phi) is 9.22. The molecule has 5 rings (SSSR count). The largest absolute Gasteiger partial charge is 0.477 e. The van der Waals surface area contributed by atoms with Crippen molar-refractivity contribution in [3.8, 4) is 5.75 Å². The van der Waals surface area contributed by atoms with Crippen LogP contribution < -0.4 is 4.74 Å². The summed E-state index contributed by atoms with van der Waals surface area (Å²) >= 11 is 8.00. The van der Waals surface area contributed by atoms with E-state index in [0.29, 0.717) is 28.9 Å². The molecule has 1 atom stereocenters. The monoisotopic (exact) mass is 590 g/mol. The SMILES string of the molecule is CCCCc1nnc(SCc2ccc([N+](=O)[O-])cc2)n1Cc1ccc(OC(c2nn[nH]n2)c2ccccc2Cl)cc1. The van der Waals surface area contributed by atoms with Gasteiger partial charge < -0.3 is 9.30 Å². The summed E-state index contributed by atoms with van der Waals surface area (Å²) in [6.45, 7) is 2.74. The highest BCUT2D eigenvalue weighted by Gasteiger charge is 2.23. The molecule has 41 heavy (non-hydrogen) atoms. The molecule has 0 aliphatic rings. The standard InChI is InChI=1S/C28H27ClN8O3S/c1-2-3-8-25-30-33-28(41-18-20-9-13-21(14-10-20)37(38)39)36(25)17-19-11-15-22(16-12-19)40-26(27-31-34-35-32-27)23-6-4-5-7-24(23)29/h4-7,9-16,26H,2-3,8,17-18H2,1H3,(H,31,32,34,35). The van der Waals surface area contributed by atoms with Crippen LogP contribution in [0.3, 0.4) is 0 Å². The van der Waals surface area contributed by atoms with Gasteiger partial charge in [0.1, 0.15) is 11.6 Å². The number of hydrogen-bond donors (Lipinski definition) is 1. The Bertz CT molecular complexity index is 1580.